The summed E-state index contributed by atoms with van der Waals surface area (Å²) in [6, 6.07) is 2.53. The summed E-state index contributed by atoms with van der Waals surface area (Å²) >= 11 is 5.99. The van der Waals surface area contributed by atoms with Gasteiger partial charge in [0, 0.05) is 11.6 Å². The first kappa shape index (κ1) is 18.6. The molecule has 0 spiro atoms. The smallest absolute Gasteiger partial charge is 0.327 e. The Balaban J connectivity index is 2.77. The number of halogens is 1. The highest BCUT2D eigenvalue weighted by Gasteiger charge is 2.18. The molecule has 0 aliphatic heterocycles. The molecule has 3 N–H and O–H groups in total. The SMILES string of the molecule is COc1cc(C(=O)NNC(=O)C(=O)NC(C)C)cc(Cl)c1OC. The van der Waals surface area contributed by atoms with Crippen LogP contribution in [-0.4, -0.2) is 38.0 Å². The lowest BCUT2D eigenvalue weighted by molar-refractivity contribution is -0.139. The van der Waals surface area contributed by atoms with E-state index in [4.69, 9.17) is 21.1 Å². The highest BCUT2D eigenvalue weighted by molar-refractivity contribution is 6.35. The lowest BCUT2D eigenvalue weighted by Crippen LogP contribution is -2.49. The summed E-state index contributed by atoms with van der Waals surface area (Å²) in [6.45, 7) is 3.41. The van der Waals surface area contributed by atoms with Gasteiger partial charge >= 0.3 is 11.8 Å². The van der Waals surface area contributed by atoms with Crippen molar-refractivity contribution in [2.24, 2.45) is 0 Å². The van der Waals surface area contributed by atoms with Crippen molar-refractivity contribution in [3.05, 3.63) is 22.7 Å². The Hall–Kier alpha value is -2.48. The van der Waals surface area contributed by atoms with Gasteiger partial charge in [-0.1, -0.05) is 11.6 Å². The van der Waals surface area contributed by atoms with Crippen molar-refractivity contribution in [1.82, 2.24) is 16.2 Å². The number of hydrazine groups is 1. The zero-order valence-corrected chi connectivity index (χ0v) is 13.9. The fourth-order valence-corrected chi connectivity index (χ4v) is 1.91. The van der Waals surface area contributed by atoms with E-state index in [0.29, 0.717) is 0 Å². The first-order valence-corrected chi connectivity index (χ1v) is 7.00. The second kappa shape index (κ2) is 8.23. The maximum atomic E-state index is 12.0. The summed E-state index contributed by atoms with van der Waals surface area (Å²) in [5.74, 6) is -1.97. The van der Waals surface area contributed by atoms with Crippen LogP contribution in [0.4, 0.5) is 0 Å². The fourth-order valence-electron chi connectivity index (χ4n) is 1.62. The number of benzene rings is 1. The molecule has 0 aliphatic carbocycles. The number of hydrogen-bond donors (Lipinski definition) is 3. The predicted octanol–water partition coefficient (Wildman–Crippen LogP) is 0.643. The van der Waals surface area contributed by atoms with E-state index < -0.39 is 17.7 Å². The van der Waals surface area contributed by atoms with Crippen LogP contribution in [0.2, 0.25) is 5.02 Å². The molecule has 0 aromatic heterocycles. The number of methoxy groups -OCH3 is 2. The number of ether oxygens (including phenoxy) is 2. The lowest BCUT2D eigenvalue weighted by atomic mass is 10.2. The molecular formula is C14H18ClN3O5. The molecule has 0 unspecified atom stereocenters. The van der Waals surface area contributed by atoms with E-state index in [1.54, 1.807) is 13.8 Å². The minimum Gasteiger partial charge on any atom is -0.493 e. The van der Waals surface area contributed by atoms with Crippen LogP contribution in [0.1, 0.15) is 24.2 Å². The van der Waals surface area contributed by atoms with Crippen molar-refractivity contribution in [1.29, 1.82) is 0 Å². The van der Waals surface area contributed by atoms with E-state index in [1.165, 1.54) is 26.4 Å². The van der Waals surface area contributed by atoms with Crippen LogP contribution in [0.25, 0.3) is 0 Å². The Morgan fingerprint density at radius 3 is 2.22 bits per heavy atom. The molecule has 9 heteroatoms. The number of nitrogens with one attached hydrogen (secondary N) is 3. The fraction of sp³-hybridized carbons (Fsp3) is 0.357. The third kappa shape index (κ3) is 5.03. The van der Waals surface area contributed by atoms with Gasteiger partial charge in [-0.05, 0) is 26.0 Å². The van der Waals surface area contributed by atoms with Gasteiger partial charge in [0.1, 0.15) is 0 Å². The zero-order chi connectivity index (χ0) is 17.6. The molecule has 8 nitrogen and oxygen atoms in total. The quantitative estimate of drug-likeness (QED) is 0.549. The van der Waals surface area contributed by atoms with Gasteiger partial charge < -0.3 is 14.8 Å². The first-order valence-electron chi connectivity index (χ1n) is 6.62. The minimum absolute atomic E-state index is 0.122. The average molecular weight is 344 g/mol. The molecule has 0 heterocycles. The molecule has 0 bridgehead atoms. The van der Waals surface area contributed by atoms with Crippen LogP contribution in [0.5, 0.6) is 11.5 Å². The number of amides is 3. The van der Waals surface area contributed by atoms with E-state index >= 15 is 0 Å². The molecular weight excluding hydrogens is 326 g/mol. The van der Waals surface area contributed by atoms with Gasteiger partial charge in [0.05, 0.1) is 19.2 Å². The van der Waals surface area contributed by atoms with Crippen molar-refractivity contribution in [3.63, 3.8) is 0 Å². The molecule has 1 rings (SSSR count). The highest BCUT2D eigenvalue weighted by Crippen LogP contribution is 2.35. The molecule has 0 saturated heterocycles. The van der Waals surface area contributed by atoms with Crippen molar-refractivity contribution < 1.29 is 23.9 Å². The normalized spacial score (nSPS) is 10.0. The molecule has 0 saturated carbocycles. The number of hydrogen-bond acceptors (Lipinski definition) is 5. The molecule has 126 valence electrons. The molecule has 23 heavy (non-hydrogen) atoms. The average Bonchev–Trinajstić information content (AvgIpc) is 2.50. The molecule has 0 atom stereocenters. The summed E-state index contributed by atoms with van der Waals surface area (Å²) in [6.07, 6.45) is 0. The van der Waals surface area contributed by atoms with Crippen molar-refractivity contribution in [2.75, 3.05) is 14.2 Å². The summed E-state index contributed by atoms with van der Waals surface area (Å²) in [5.41, 5.74) is 4.24. The molecule has 3 amide bonds. The van der Waals surface area contributed by atoms with Gasteiger partial charge in [0.15, 0.2) is 11.5 Å². The van der Waals surface area contributed by atoms with E-state index in [2.05, 4.69) is 10.7 Å². The van der Waals surface area contributed by atoms with Crippen molar-refractivity contribution >= 4 is 29.3 Å². The number of carbonyl (C=O) groups is 3. The van der Waals surface area contributed by atoms with Crippen LogP contribution in [0.15, 0.2) is 12.1 Å². The Kier molecular flexibility index (Phi) is 6.65. The maximum Gasteiger partial charge on any atom is 0.327 e. The second-order valence-electron chi connectivity index (χ2n) is 4.73. The summed E-state index contributed by atoms with van der Waals surface area (Å²) in [7, 11) is 2.81. The van der Waals surface area contributed by atoms with Crippen LogP contribution >= 0.6 is 11.6 Å². The van der Waals surface area contributed by atoms with E-state index in [-0.39, 0.29) is 28.1 Å². The number of rotatable bonds is 4. The Morgan fingerprint density at radius 1 is 1.04 bits per heavy atom. The Labute approximate surface area is 138 Å². The second-order valence-corrected chi connectivity index (χ2v) is 5.14. The van der Waals surface area contributed by atoms with E-state index in [0.717, 1.165) is 0 Å². The lowest BCUT2D eigenvalue weighted by Gasteiger charge is -2.12. The van der Waals surface area contributed by atoms with E-state index in [1.807, 2.05) is 5.43 Å². The monoisotopic (exact) mass is 343 g/mol. The van der Waals surface area contributed by atoms with Gasteiger partial charge in [-0.3, -0.25) is 25.2 Å². The predicted molar refractivity (Wildman–Crippen MR) is 83.4 cm³/mol. The molecule has 1 aromatic rings. The minimum atomic E-state index is -0.987. The summed E-state index contributed by atoms with van der Waals surface area (Å²) in [4.78, 5) is 34.9. The topological polar surface area (TPSA) is 106 Å². The third-order valence-corrected chi connectivity index (χ3v) is 2.89. The molecule has 1 aromatic carbocycles. The number of carbonyl (C=O) groups excluding carboxylic acids is 3. The standard InChI is InChI=1S/C14H18ClN3O5/c1-7(2)16-13(20)14(21)18-17-12(19)8-5-9(15)11(23-4)10(6-8)22-3/h5-7H,1-4H3,(H,16,20)(H,17,19)(H,18,21). The highest BCUT2D eigenvalue weighted by atomic mass is 35.5. The maximum absolute atomic E-state index is 12.0. The Bertz CT molecular complexity index is 619. The van der Waals surface area contributed by atoms with Crippen LogP contribution in [0, 0.1) is 0 Å². The summed E-state index contributed by atoms with van der Waals surface area (Å²) < 4.78 is 10.1. The summed E-state index contributed by atoms with van der Waals surface area (Å²) in [5, 5.41) is 2.56. The van der Waals surface area contributed by atoms with Gasteiger partial charge in [0.25, 0.3) is 5.91 Å². The van der Waals surface area contributed by atoms with Crippen LogP contribution in [-0.2, 0) is 9.59 Å². The first-order chi connectivity index (χ1) is 10.8. The zero-order valence-electron chi connectivity index (χ0n) is 13.2. The van der Waals surface area contributed by atoms with Crippen molar-refractivity contribution in [3.8, 4) is 11.5 Å². The van der Waals surface area contributed by atoms with Crippen LogP contribution in [0.3, 0.4) is 0 Å². The Morgan fingerprint density at radius 2 is 1.70 bits per heavy atom. The third-order valence-electron chi connectivity index (χ3n) is 2.61. The van der Waals surface area contributed by atoms with E-state index in [9.17, 15) is 14.4 Å². The van der Waals surface area contributed by atoms with Gasteiger partial charge in [-0.15, -0.1) is 0 Å². The van der Waals surface area contributed by atoms with Gasteiger partial charge in [-0.25, -0.2) is 0 Å². The van der Waals surface area contributed by atoms with Gasteiger partial charge in [-0.2, -0.15) is 0 Å². The van der Waals surface area contributed by atoms with Crippen LogP contribution < -0.4 is 25.6 Å². The molecule has 0 fully saturated rings. The molecule has 0 radical (unpaired) electrons. The largest absolute Gasteiger partial charge is 0.493 e. The molecule has 0 aliphatic rings. The van der Waals surface area contributed by atoms with Gasteiger partial charge in [0.2, 0.25) is 0 Å². The van der Waals surface area contributed by atoms with Crippen molar-refractivity contribution in [2.45, 2.75) is 19.9 Å².